The molecule has 0 amide bonds. The number of rotatable bonds is 1. The number of morpholine rings is 1. The first-order valence-corrected chi connectivity index (χ1v) is 5.86. The molecule has 1 aliphatic carbocycles. The van der Waals surface area contributed by atoms with Crippen molar-refractivity contribution in [1.29, 1.82) is 0 Å². The van der Waals surface area contributed by atoms with Gasteiger partial charge in [-0.15, -0.1) is 0 Å². The molecule has 86 valence electrons. The second kappa shape index (κ2) is 7.21. The SMILES string of the molecule is C1CCC(N2CCOCC2)CC1.CN.[HH]. The molecule has 0 radical (unpaired) electrons. The Morgan fingerprint density at radius 2 is 1.64 bits per heavy atom. The summed E-state index contributed by atoms with van der Waals surface area (Å²) in [5.74, 6) is 0. The van der Waals surface area contributed by atoms with E-state index < -0.39 is 0 Å². The van der Waals surface area contributed by atoms with E-state index in [1.54, 1.807) is 0 Å². The molecule has 0 atom stereocenters. The summed E-state index contributed by atoms with van der Waals surface area (Å²) in [4.78, 5) is 2.63. The molecule has 0 aromatic heterocycles. The number of hydrogen-bond donors (Lipinski definition) is 1. The van der Waals surface area contributed by atoms with E-state index >= 15 is 0 Å². The quantitative estimate of drug-likeness (QED) is 0.700. The van der Waals surface area contributed by atoms with Gasteiger partial charge in [0, 0.05) is 20.6 Å². The average molecular weight is 202 g/mol. The van der Waals surface area contributed by atoms with Crippen LogP contribution in [0.2, 0.25) is 0 Å². The number of hydrogen-bond acceptors (Lipinski definition) is 3. The molecular formula is C11H26N2O. The van der Waals surface area contributed by atoms with E-state index in [2.05, 4.69) is 10.6 Å². The van der Waals surface area contributed by atoms with Crippen LogP contribution in [0, 0.1) is 0 Å². The van der Waals surface area contributed by atoms with Crippen molar-refractivity contribution in [1.82, 2.24) is 4.90 Å². The predicted octanol–water partition coefficient (Wildman–Crippen LogP) is 1.47. The fourth-order valence-electron chi connectivity index (χ4n) is 2.39. The Morgan fingerprint density at radius 3 is 2.21 bits per heavy atom. The zero-order chi connectivity index (χ0) is 10.2. The molecule has 0 unspecified atom stereocenters. The lowest BCUT2D eigenvalue weighted by Gasteiger charge is -2.36. The van der Waals surface area contributed by atoms with Crippen molar-refractivity contribution in [3.63, 3.8) is 0 Å². The van der Waals surface area contributed by atoms with Crippen LogP contribution in [0.5, 0.6) is 0 Å². The van der Waals surface area contributed by atoms with E-state index in [-0.39, 0.29) is 1.43 Å². The summed E-state index contributed by atoms with van der Waals surface area (Å²) < 4.78 is 5.35. The third-order valence-corrected chi connectivity index (χ3v) is 3.14. The van der Waals surface area contributed by atoms with E-state index in [9.17, 15) is 0 Å². The smallest absolute Gasteiger partial charge is 0.0594 e. The minimum Gasteiger partial charge on any atom is -0.379 e. The highest BCUT2D eigenvalue weighted by Gasteiger charge is 2.22. The Balaban J connectivity index is 0.000000617. The largest absolute Gasteiger partial charge is 0.379 e. The molecule has 0 aromatic rings. The summed E-state index contributed by atoms with van der Waals surface area (Å²) in [7, 11) is 1.50. The molecule has 0 aromatic carbocycles. The molecule has 2 fully saturated rings. The maximum absolute atomic E-state index is 5.35. The van der Waals surface area contributed by atoms with Crippen LogP contribution >= 0.6 is 0 Å². The Bertz CT molecular complexity index is 119. The number of nitrogens with two attached hydrogens (primary N) is 1. The Kier molecular flexibility index (Phi) is 6.15. The van der Waals surface area contributed by atoms with Gasteiger partial charge >= 0.3 is 0 Å². The number of nitrogens with zero attached hydrogens (tertiary/aromatic N) is 1. The van der Waals surface area contributed by atoms with Crippen LogP contribution in [0.25, 0.3) is 0 Å². The summed E-state index contributed by atoms with van der Waals surface area (Å²) in [6, 6.07) is 0.891. The summed E-state index contributed by atoms with van der Waals surface area (Å²) >= 11 is 0. The highest BCUT2D eigenvalue weighted by atomic mass is 16.5. The van der Waals surface area contributed by atoms with Gasteiger partial charge in [0.2, 0.25) is 0 Å². The monoisotopic (exact) mass is 202 g/mol. The molecule has 2 rings (SSSR count). The van der Waals surface area contributed by atoms with Gasteiger partial charge in [0.05, 0.1) is 13.2 Å². The summed E-state index contributed by atoms with van der Waals surface area (Å²) in [5.41, 5.74) is 4.50. The van der Waals surface area contributed by atoms with Crippen LogP contribution in [0.3, 0.4) is 0 Å². The number of ether oxygens (including phenoxy) is 1. The van der Waals surface area contributed by atoms with Crippen LogP contribution in [-0.4, -0.2) is 44.3 Å². The van der Waals surface area contributed by atoms with Gasteiger partial charge in [-0.3, -0.25) is 4.90 Å². The van der Waals surface area contributed by atoms with Gasteiger partial charge in [0.15, 0.2) is 0 Å². The second-order valence-corrected chi connectivity index (χ2v) is 3.94. The van der Waals surface area contributed by atoms with E-state index in [1.165, 1.54) is 52.2 Å². The Morgan fingerprint density at radius 1 is 1.07 bits per heavy atom. The van der Waals surface area contributed by atoms with Crippen LogP contribution in [0.1, 0.15) is 33.5 Å². The fraction of sp³-hybridized carbons (Fsp3) is 1.00. The topological polar surface area (TPSA) is 38.5 Å². The highest BCUT2D eigenvalue weighted by molar-refractivity contribution is 4.76. The van der Waals surface area contributed by atoms with Gasteiger partial charge < -0.3 is 10.5 Å². The Labute approximate surface area is 89.1 Å². The second-order valence-electron chi connectivity index (χ2n) is 3.94. The lowest BCUT2D eigenvalue weighted by molar-refractivity contribution is 0.00858. The molecule has 1 saturated carbocycles. The van der Waals surface area contributed by atoms with E-state index in [0.717, 1.165) is 19.3 Å². The lowest BCUT2D eigenvalue weighted by atomic mass is 9.94. The van der Waals surface area contributed by atoms with Gasteiger partial charge in [-0.05, 0) is 19.9 Å². The van der Waals surface area contributed by atoms with Crippen LogP contribution in [0.15, 0.2) is 0 Å². The summed E-state index contributed by atoms with van der Waals surface area (Å²) in [5, 5.41) is 0. The van der Waals surface area contributed by atoms with Crippen LogP contribution in [-0.2, 0) is 4.74 Å². The van der Waals surface area contributed by atoms with E-state index in [1.807, 2.05) is 0 Å². The van der Waals surface area contributed by atoms with Crippen molar-refractivity contribution in [3.8, 4) is 0 Å². The van der Waals surface area contributed by atoms with Gasteiger partial charge in [0.1, 0.15) is 0 Å². The van der Waals surface area contributed by atoms with Gasteiger partial charge in [-0.25, -0.2) is 0 Å². The first kappa shape index (κ1) is 12.0. The molecule has 1 heterocycles. The van der Waals surface area contributed by atoms with Crippen molar-refractivity contribution in [3.05, 3.63) is 0 Å². The van der Waals surface area contributed by atoms with Crippen molar-refractivity contribution in [2.24, 2.45) is 5.73 Å². The van der Waals surface area contributed by atoms with E-state index in [0.29, 0.717) is 0 Å². The van der Waals surface area contributed by atoms with Gasteiger partial charge in [0.25, 0.3) is 0 Å². The van der Waals surface area contributed by atoms with Crippen molar-refractivity contribution < 1.29 is 6.16 Å². The minimum atomic E-state index is 0. The third-order valence-electron chi connectivity index (χ3n) is 3.14. The maximum atomic E-state index is 5.35. The highest BCUT2D eigenvalue weighted by Crippen LogP contribution is 2.22. The molecule has 0 spiro atoms. The first-order chi connectivity index (χ1) is 6.97. The van der Waals surface area contributed by atoms with Crippen molar-refractivity contribution in [2.45, 2.75) is 38.1 Å². The lowest BCUT2D eigenvalue weighted by Crippen LogP contribution is -2.44. The minimum absolute atomic E-state index is 0. The zero-order valence-corrected chi connectivity index (χ0v) is 9.37. The first-order valence-electron chi connectivity index (χ1n) is 5.86. The molecular weight excluding hydrogens is 176 g/mol. The third kappa shape index (κ3) is 3.56. The molecule has 0 bridgehead atoms. The average Bonchev–Trinajstić information content (AvgIpc) is 2.34. The summed E-state index contributed by atoms with van der Waals surface area (Å²) in [6.07, 6.45) is 7.21. The molecule has 2 N–H and O–H groups in total. The molecule has 2 aliphatic rings. The van der Waals surface area contributed by atoms with Crippen molar-refractivity contribution in [2.75, 3.05) is 33.4 Å². The summed E-state index contributed by atoms with van der Waals surface area (Å²) in [6.45, 7) is 4.25. The van der Waals surface area contributed by atoms with Gasteiger partial charge in [-0.2, -0.15) is 0 Å². The fourth-order valence-corrected chi connectivity index (χ4v) is 2.39. The zero-order valence-electron chi connectivity index (χ0n) is 9.37. The molecule has 1 aliphatic heterocycles. The van der Waals surface area contributed by atoms with Gasteiger partial charge in [-0.1, -0.05) is 19.3 Å². The normalized spacial score (nSPS) is 25.3. The maximum Gasteiger partial charge on any atom is 0.0594 e. The molecule has 3 nitrogen and oxygen atoms in total. The molecule has 14 heavy (non-hydrogen) atoms. The standard InChI is InChI=1S/C10H19NO.CH5N.H2/c1-2-4-10(5-3-1)11-6-8-12-9-7-11;1-2;/h10H,1-9H2;2H2,1H3;1H. The molecule has 3 heteroatoms. The predicted molar refractivity (Wildman–Crippen MR) is 61.5 cm³/mol. The Hall–Kier alpha value is -0.120. The van der Waals surface area contributed by atoms with E-state index in [4.69, 9.17) is 4.74 Å². The van der Waals surface area contributed by atoms with Crippen LogP contribution in [0.4, 0.5) is 0 Å². The van der Waals surface area contributed by atoms with Crippen molar-refractivity contribution >= 4 is 0 Å². The van der Waals surface area contributed by atoms with Crippen LogP contribution < -0.4 is 5.73 Å². The molecule has 1 saturated heterocycles.